The lowest BCUT2D eigenvalue weighted by Crippen LogP contribution is -2.40. The molecule has 2 aromatic carbocycles. The summed E-state index contributed by atoms with van der Waals surface area (Å²) in [4.78, 5) is 47.6. The molecule has 0 heterocycles. The molecule has 0 saturated heterocycles. The van der Waals surface area contributed by atoms with Gasteiger partial charge in [-0.15, -0.1) is 0 Å². The van der Waals surface area contributed by atoms with Crippen LogP contribution in [0.4, 0.5) is 0 Å². The number of hydrogen-bond acceptors (Lipinski definition) is 4. The summed E-state index contributed by atoms with van der Waals surface area (Å²) < 4.78 is 0. The smallest absolute Gasteiger partial charge is 0.305 e. The fourth-order valence-electron chi connectivity index (χ4n) is 3.83. The minimum absolute atomic E-state index is 0.130. The lowest BCUT2D eigenvalue weighted by Gasteiger charge is -2.20. The summed E-state index contributed by atoms with van der Waals surface area (Å²) >= 11 is 0. The predicted octanol–water partition coefficient (Wildman–Crippen LogP) is 4.27. The van der Waals surface area contributed by atoms with Crippen molar-refractivity contribution in [3.63, 3.8) is 0 Å². The molecule has 2 amide bonds. The van der Waals surface area contributed by atoms with E-state index in [1.54, 1.807) is 6.07 Å². The Morgan fingerprint density at radius 2 is 1.60 bits per heavy atom. The SMILES string of the molecule is Cc1ccc(C(=O)NCCCCC(C(=O)N[C@@H](C=O)CC(=O)O)c2ccc(C(C)C)cc2)cc1C. The van der Waals surface area contributed by atoms with Gasteiger partial charge in [-0.2, -0.15) is 0 Å². The number of aryl methyl sites for hydroxylation is 2. The van der Waals surface area contributed by atoms with Gasteiger partial charge in [0.2, 0.25) is 5.91 Å². The average Bonchev–Trinajstić information content (AvgIpc) is 2.82. The van der Waals surface area contributed by atoms with Crippen molar-refractivity contribution in [1.29, 1.82) is 0 Å². The van der Waals surface area contributed by atoms with Crippen LogP contribution in [0, 0.1) is 13.8 Å². The number of benzene rings is 2. The molecule has 1 unspecified atom stereocenters. The quantitative estimate of drug-likeness (QED) is 0.293. The number of aldehydes is 1. The number of carboxylic acid groups (broad SMARTS) is 1. The highest BCUT2D eigenvalue weighted by Crippen LogP contribution is 2.25. The van der Waals surface area contributed by atoms with Crippen molar-refractivity contribution < 1.29 is 24.3 Å². The van der Waals surface area contributed by atoms with Gasteiger partial charge in [-0.3, -0.25) is 14.4 Å². The van der Waals surface area contributed by atoms with Crippen molar-refractivity contribution in [2.24, 2.45) is 0 Å². The first-order valence-corrected chi connectivity index (χ1v) is 12.0. The monoisotopic (exact) mass is 480 g/mol. The fraction of sp³-hybridized carbons (Fsp3) is 0.429. The minimum atomic E-state index is -1.15. The van der Waals surface area contributed by atoms with Crippen LogP contribution in [-0.2, 0) is 14.4 Å². The van der Waals surface area contributed by atoms with Gasteiger partial charge in [-0.1, -0.05) is 50.6 Å². The lowest BCUT2D eigenvalue weighted by atomic mass is 9.90. The molecule has 7 nitrogen and oxygen atoms in total. The van der Waals surface area contributed by atoms with Gasteiger partial charge in [-0.05, 0) is 67.0 Å². The Balaban J connectivity index is 2.00. The number of rotatable bonds is 13. The minimum Gasteiger partial charge on any atom is -0.481 e. The number of nitrogens with one attached hydrogen (secondary N) is 2. The third-order valence-corrected chi connectivity index (χ3v) is 6.18. The standard InChI is InChI=1S/C28H36N2O5/c1-18(2)21-10-12-22(13-11-21)25(28(35)30-24(17-31)16-26(32)33)7-5-6-14-29-27(34)23-9-8-19(3)20(4)15-23/h8-13,15,17-18,24-25H,5-7,14,16H2,1-4H3,(H,29,34)(H,30,35)(H,32,33)/t24-,25?/m1/s1. The molecule has 0 bridgehead atoms. The van der Waals surface area contributed by atoms with Gasteiger partial charge in [0.15, 0.2) is 0 Å². The maximum Gasteiger partial charge on any atom is 0.305 e. The topological polar surface area (TPSA) is 113 Å². The first-order valence-electron chi connectivity index (χ1n) is 12.0. The molecule has 7 heteroatoms. The van der Waals surface area contributed by atoms with Gasteiger partial charge in [0.25, 0.3) is 5.91 Å². The van der Waals surface area contributed by atoms with E-state index in [-0.39, 0.29) is 11.8 Å². The summed E-state index contributed by atoms with van der Waals surface area (Å²) in [5.74, 6) is -1.83. The third kappa shape index (κ3) is 8.67. The summed E-state index contributed by atoms with van der Waals surface area (Å²) in [7, 11) is 0. The zero-order valence-electron chi connectivity index (χ0n) is 21.0. The Labute approximate surface area is 207 Å². The van der Waals surface area contributed by atoms with E-state index in [9.17, 15) is 19.2 Å². The van der Waals surface area contributed by atoms with Crippen LogP contribution in [0.1, 0.15) is 84.0 Å². The summed E-state index contributed by atoms with van der Waals surface area (Å²) in [6.45, 7) is 8.62. The molecule has 0 aromatic heterocycles. The molecule has 2 atom stereocenters. The van der Waals surface area contributed by atoms with Gasteiger partial charge in [0.1, 0.15) is 6.29 Å². The van der Waals surface area contributed by atoms with Crippen molar-refractivity contribution in [3.8, 4) is 0 Å². The number of unbranched alkanes of at least 4 members (excludes halogenated alkanes) is 1. The van der Waals surface area contributed by atoms with Crippen LogP contribution in [0.3, 0.4) is 0 Å². The maximum absolute atomic E-state index is 13.0. The maximum atomic E-state index is 13.0. The number of amides is 2. The Bertz CT molecular complexity index is 1030. The molecular weight excluding hydrogens is 444 g/mol. The van der Waals surface area contributed by atoms with Crippen LogP contribution in [0.15, 0.2) is 42.5 Å². The van der Waals surface area contributed by atoms with Crippen molar-refractivity contribution in [1.82, 2.24) is 10.6 Å². The average molecular weight is 481 g/mol. The van der Waals surface area contributed by atoms with Crippen LogP contribution < -0.4 is 10.6 Å². The molecule has 0 aliphatic carbocycles. The molecule has 0 aliphatic heterocycles. The first-order chi connectivity index (χ1) is 16.6. The van der Waals surface area contributed by atoms with Gasteiger partial charge >= 0.3 is 5.97 Å². The van der Waals surface area contributed by atoms with E-state index in [0.29, 0.717) is 43.6 Å². The summed E-state index contributed by atoms with van der Waals surface area (Å²) in [5.41, 5.74) is 4.78. The molecule has 0 spiro atoms. The summed E-state index contributed by atoms with van der Waals surface area (Å²) in [6.07, 6.45) is 1.84. The Hall–Kier alpha value is -3.48. The van der Waals surface area contributed by atoms with Gasteiger partial charge in [-0.25, -0.2) is 0 Å². The molecule has 0 saturated carbocycles. The molecule has 0 fully saturated rings. The van der Waals surface area contributed by atoms with E-state index in [1.165, 1.54) is 0 Å². The van der Waals surface area contributed by atoms with Crippen molar-refractivity contribution >= 4 is 24.1 Å². The Morgan fingerprint density at radius 3 is 2.17 bits per heavy atom. The molecule has 35 heavy (non-hydrogen) atoms. The first kappa shape index (κ1) is 27.8. The van der Waals surface area contributed by atoms with Gasteiger partial charge in [0, 0.05) is 12.1 Å². The van der Waals surface area contributed by atoms with E-state index in [2.05, 4.69) is 24.5 Å². The van der Waals surface area contributed by atoms with E-state index < -0.39 is 24.3 Å². The molecule has 3 N–H and O–H groups in total. The highest BCUT2D eigenvalue weighted by molar-refractivity contribution is 5.94. The highest BCUT2D eigenvalue weighted by Gasteiger charge is 2.24. The van der Waals surface area contributed by atoms with E-state index in [1.807, 2.05) is 50.2 Å². The third-order valence-electron chi connectivity index (χ3n) is 6.18. The molecule has 0 radical (unpaired) electrons. The van der Waals surface area contributed by atoms with Crippen molar-refractivity contribution in [2.75, 3.05) is 6.54 Å². The Kier molecular flexibility index (Phi) is 10.6. The molecule has 2 rings (SSSR count). The normalized spacial score (nSPS) is 12.6. The van der Waals surface area contributed by atoms with Crippen LogP contribution in [0.2, 0.25) is 0 Å². The highest BCUT2D eigenvalue weighted by atomic mass is 16.4. The van der Waals surface area contributed by atoms with Crippen molar-refractivity contribution in [2.45, 2.75) is 71.3 Å². The molecule has 188 valence electrons. The van der Waals surface area contributed by atoms with Gasteiger partial charge in [0.05, 0.1) is 18.4 Å². The summed E-state index contributed by atoms with van der Waals surface area (Å²) in [5, 5.41) is 14.5. The number of carbonyl (C=O) groups excluding carboxylic acids is 3. The molecular formula is C28H36N2O5. The zero-order valence-corrected chi connectivity index (χ0v) is 21.0. The number of aliphatic carboxylic acids is 1. The van der Waals surface area contributed by atoms with Crippen LogP contribution in [0.5, 0.6) is 0 Å². The van der Waals surface area contributed by atoms with E-state index in [0.717, 1.165) is 22.3 Å². The van der Waals surface area contributed by atoms with Crippen molar-refractivity contribution in [3.05, 3.63) is 70.3 Å². The zero-order chi connectivity index (χ0) is 26.0. The largest absolute Gasteiger partial charge is 0.481 e. The van der Waals surface area contributed by atoms with E-state index >= 15 is 0 Å². The summed E-state index contributed by atoms with van der Waals surface area (Å²) in [6, 6.07) is 12.3. The molecule has 2 aromatic rings. The predicted molar refractivity (Wildman–Crippen MR) is 136 cm³/mol. The van der Waals surface area contributed by atoms with Crippen LogP contribution in [0.25, 0.3) is 0 Å². The van der Waals surface area contributed by atoms with Crippen LogP contribution in [-0.4, -0.2) is 41.8 Å². The van der Waals surface area contributed by atoms with Crippen LogP contribution >= 0.6 is 0 Å². The van der Waals surface area contributed by atoms with E-state index in [4.69, 9.17) is 5.11 Å². The van der Waals surface area contributed by atoms with Gasteiger partial charge < -0.3 is 20.5 Å². The molecule has 0 aliphatic rings. The second kappa shape index (κ2) is 13.4. The number of hydrogen-bond donors (Lipinski definition) is 3. The Morgan fingerprint density at radius 1 is 0.943 bits per heavy atom. The fourth-order valence-corrected chi connectivity index (χ4v) is 3.83. The number of carboxylic acids is 1. The second-order valence-corrected chi connectivity index (χ2v) is 9.27. The lowest BCUT2D eigenvalue weighted by molar-refractivity contribution is -0.138. The number of carbonyl (C=O) groups is 4. The second-order valence-electron chi connectivity index (χ2n) is 9.27.